The van der Waals surface area contributed by atoms with Gasteiger partial charge < -0.3 is 39.4 Å². The third-order valence-electron chi connectivity index (χ3n) is 8.66. The second kappa shape index (κ2) is 17.4. The zero-order valence-corrected chi connectivity index (χ0v) is 25.5. The lowest BCUT2D eigenvalue weighted by Crippen LogP contribution is -2.62. The number of allylic oxidation sites excluding steroid dienone is 6. The molecule has 42 heavy (non-hydrogen) atoms. The summed E-state index contributed by atoms with van der Waals surface area (Å²) >= 11 is 0. The maximum absolute atomic E-state index is 13.0. The highest BCUT2D eigenvalue weighted by molar-refractivity contribution is 5.75. The molecule has 0 saturated carbocycles. The molecule has 0 spiro atoms. The quantitative estimate of drug-likeness (QED) is 0.207. The molecule has 3 aliphatic rings. The average molecular weight is 593 g/mol. The van der Waals surface area contributed by atoms with Crippen molar-refractivity contribution in [1.29, 1.82) is 0 Å². The zero-order valence-electron chi connectivity index (χ0n) is 25.5. The van der Waals surface area contributed by atoms with Crippen molar-refractivity contribution in [2.75, 3.05) is 13.7 Å². The highest BCUT2D eigenvalue weighted by Gasteiger charge is 2.53. The molecule has 3 fully saturated rings. The maximum atomic E-state index is 13.0. The molecule has 0 aromatic rings. The molecule has 238 valence electrons. The van der Waals surface area contributed by atoms with Gasteiger partial charge in [-0.15, -0.1) is 0 Å². The Kier molecular flexibility index (Phi) is 14.4. The molecule has 9 atom stereocenters. The first-order valence-corrected chi connectivity index (χ1v) is 15.6. The van der Waals surface area contributed by atoms with E-state index in [1.54, 1.807) is 0 Å². The summed E-state index contributed by atoms with van der Waals surface area (Å²) in [6, 6.07) is 0. The molecule has 3 saturated heterocycles. The van der Waals surface area contributed by atoms with Crippen LogP contribution in [0.3, 0.4) is 0 Å². The molecule has 9 heteroatoms. The standard InChI is InChI=1S/C33H52O9/c1-23(12-7-5-4-6-10-21-34)13-8-9-14-25(35)22-27-15-11-16-28-24(2)30(36)31(37)33(39-3,42-28)20-19-26-17-18-29(40-26)32(38)41-27/h4-9,13,24-31,34-37H,10-12,14-22H2,1-3H3. The smallest absolute Gasteiger partial charge is 0.335 e. The van der Waals surface area contributed by atoms with E-state index in [2.05, 4.69) is 6.08 Å². The summed E-state index contributed by atoms with van der Waals surface area (Å²) in [6.45, 7) is 4.06. The summed E-state index contributed by atoms with van der Waals surface area (Å²) in [5, 5.41) is 41.3. The van der Waals surface area contributed by atoms with E-state index in [1.165, 1.54) is 12.7 Å². The molecule has 4 bridgehead atoms. The SMILES string of the molecule is COC12CCC3CCC(O3)C(=O)OC(CC(O)CC=CC=C(C)CC=CC=CCCO)CCCC(O1)C(C)C(O)C2O. The minimum atomic E-state index is -1.33. The van der Waals surface area contributed by atoms with Crippen molar-refractivity contribution in [3.8, 4) is 0 Å². The van der Waals surface area contributed by atoms with Gasteiger partial charge >= 0.3 is 5.97 Å². The largest absolute Gasteiger partial charge is 0.460 e. The third-order valence-corrected chi connectivity index (χ3v) is 8.66. The summed E-state index contributed by atoms with van der Waals surface area (Å²) < 4.78 is 24.0. The number of methoxy groups -OCH3 is 1. The predicted octanol–water partition coefficient (Wildman–Crippen LogP) is 4.04. The van der Waals surface area contributed by atoms with Gasteiger partial charge in [0, 0.05) is 32.5 Å². The van der Waals surface area contributed by atoms with Gasteiger partial charge in [-0.3, -0.25) is 0 Å². The number of cyclic esters (lactones) is 1. The van der Waals surface area contributed by atoms with Crippen molar-refractivity contribution in [3.05, 3.63) is 48.1 Å². The molecule has 0 aliphatic carbocycles. The molecule has 3 rings (SSSR count). The van der Waals surface area contributed by atoms with E-state index in [-0.39, 0.29) is 30.7 Å². The van der Waals surface area contributed by atoms with E-state index < -0.39 is 36.3 Å². The Morgan fingerprint density at radius 2 is 1.88 bits per heavy atom. The molecule has 0 radical (unpaired) electrons. The van der Waals surface area contributed by atoms with Crippen molar-refractivity contribution in [1.82, 2.24) is 0 Å². The van der Waals surface area contributed by atoms with E-state index >= 15 is 0 Å². The monoisotopic (exact) mass is 592 g/mol. The van der Waals surface area contributed by atoms with Crippen molar-refractivity contribution in [3.63, 3.8) is 0 Å². The number of hydrogen-bond donors (Lipinski definition) is 4. The van der Waals surface area contributed by atoms with Crippen LogP contribution in [0.4, 0.5) is 0 Å². The Labute approximate surface area is 250 Å². The maximum Gasteiger partial charge on any atom is 0.335 e. The van der Waals surface area contributed by atoms with Crippen LogP contribution in [-0.4, -0.2) is 88.6 Å². The van der Waals surface area contributed by atoms with Crippen molar-refractivity contribution < 1.29 is 44.2 Å². The fourth-order valence-electron chi connectivity index (χ4n) is 5.98. The van der Waals surface area contributed by atoms with Gasteiger partial charge in [-0.2, -0.15) is 0 Å². The van der Waals surface area contributed by atoms with Gasteiger partial charge in [-0.05, 0) is 64.7 Å². The number of ether oxygens (including phenoxy) is 4. The second-order valence-corrected chi connectivity index (χ2v) is 12.0. The van der Waals surface area contributed by atoms with Gasteiger partial charge in [-0.25, -0.2) is 4.79 Å². The Balaban J connectivity index is 1.59. The van der Waals surface area contributed by atoms with Gasteiger partial charge in [-0.1, -0.05) is 55.0 Å². The molecule has 0 amide bonds. The first-order chi connectivity index (χ1) is 20.2. The van der Waals surface area contributed by atoms with Crippen LogP contribution < -0.4 is 0 Å². The van der Waals surface area contributed by atoms with Gasteiger partial charge in [0.05, 0.1) is 24.4 Å². The van der Waals surface area contributed by atoms with E-state index in [0.717, 1.165) is 6.42 Å². The molecule has 4 N–H and O–H groups in total. The Morgan fingerprint density at radius 1 is 1.10 bits per heavy atom. The highest BCUT2D eigenvalue weighted by atomic mass is 16.7. The number of rotatable bonds is 11. The van der Waals surface area contributed by atoms with Crippen molar-refractivity contribution in [2.45, 2.75) is 133 Å². The van der Waals surface area contributed by atoms with E-state index in [0.29, 0.717) is 64.2 Å². The first-order valence-electron chi connectivity index (χ1n) is 15.6. The lowest BCUT2D eigenvalue weighted by atomic mass is 9.82. The van der Waals surface area contributed by atoms with Crippen LogP contribution in [0.25, 0.3) is 0 Å². The lowest BCUT2D eigenvalue weighted by Gasteiger charge is -2.49. The van der Waals surface area contributed by atoms with Crippen LogP contribution in [0.5, 0.6) is 0 Å². The average Bonchev–Trinajstić information content (AvgIpc) is 3.45. The zero-order chi connectivity index (χ0) is 30.5. The summed E-state index contributed by atoms with van der Waals surface area (Å²) in [6.07, 6.45) is 15.3. The van der Waals surface area contributed by atoms with Crippen LogP contribution in [0.2, 0.25) is 0 Å². The highest BCUT2D eigenvalue weighted by Crippen LogP contribution is 2.40. The topological polar surface area (TPSA) is 135 Å². The number of carbonyl (C=O) groups is 1. The van der Waals surface area contributed by atoms with Crippen LogP contribution in [0.15, 0.2) is 48.1 Å². The Morgan fingerprint density at radius 3 is 2.64 bits per heavy atom. The van der Waals surface area contributed by atoms with Gasteiger partial charge in [0.1, 0.15) is 12.2 Å². The van der Waals surface area contributed by atoms with Crippen LogP contribution >= 0.6 is 0 Å². The van der Waals surface area contributed by atoms with Crippen LogP contribution in [0.1, 0.15) is 84.5 Å². The number of hydrogen-bond acceptors (Lipinski definition) is 9. The van der Waals surface area contributed by atoms with Crippen molar-refractivity contribution in [2.24, 2.45) is 5.92 Å². The summed E-state index contributed by atoms with van der Waals surface area (Å²) in [4.78, 5) is 13.0. The molecule has 0 aromatic carbocycles. The minimum Gasteiger partial charge on any atom is -0.460 e. The molecule has 0 aromatic heterocycles. The van der Waals surface area contributed by atoms with E-state index in [4.69, 9.17) is 24.1 Å². The number of esters is 1. The fourth-order valence-corrected chi connectivity index (χ4v) is 5.98. The molecule has 9 unspecified atom stereocenters. The lowest BCUT2D eigenvalue weighted by molar-refractivity contribution is -0.349. The molecule has 3 aliphatic heterocycles. The van der Waals surface area contributed by atoms with E-state index in [1.807, 2.05) is 50.3 Å². The third kappa shape index (κ3) is 10.1. The van der Waals surface area contributed by atoms with Crippen LogP contribution in [0, 0.1) is 5.92 Å². The van der Waals surface area contributed by atoms with E-state index in [9.17, 15) is 20.1 Å². The van der Waals surface area contributed by atoms with Gasteiger partial charge in [0.25, 0.3) is 0 Å². The molecule has 9 nitrogen and oxygen atoms in total. The normalized spacial score (nSPS) is 36.0. The summed E-state index contributed by atoms with van der Waals surface area (Å²) in [5.41, 5.74) is 1.18. The minimum absolute atomic E-state index is 0.152. The number of fused-ring (bicyclic) bond motifs is 4. The molecular weight excluding hydrogens is 540 g/mol. The molecule has 3 heterocycles. The first kappa shape index (κ1) is 34.6. The van der Waals surface area contributed by atoms with Gasteiger partial charge in [0.15, 0.2) is 11.9 Å². The Bertz CT molecular complexity index is 944. The van der Waals surface area contributed by atoms with Crippen molar-refractivity contribution >= 4 is 5.97 Å². The number of aliphatic hydroxyl groups is 4. The Hall–Kier alpha value is -1.85. The molecular formula is C33H52O9. The van der Waals surface area contributed by atoms with Gasteiger partial charge in [0.2, 0.25) is 0 Å². The second-order valence-electron chi connectivity index (χ2n) is 12.0. The summed E-state index contributed by atoms with van der Waals surface area (Å²) in [5.74, 6) is -2.01. The number of carbonyl (C=O) groups excluding carboxylic acids is 1. The fraction of sp³-hybridized carbons (Fsp3) is 0.727. The predicted molar refractivity (Wildman–Crippen MR) is 159 cm³/mol. The van der Waals surface area contributed by atoms with Crippen LogP contribution in [-0.2, 0) is 23.7 Å². The number of aliphatic hydroxyl groups excluding tert-OH is 4. The summed E-state index contributed by atoms with van der Waals surface area (Å²) in [7, 11) is 1.49.